The monoisotopic (exact) mass is 478 g/mol. The van der Waals surface area contributed by atoms with Crippen LogP contribution in [-0.4, -0.2) is 52.7 Å². The number of carbonyl (C=O) groups excluding carboxylic acids is 1. The highest BCUT2D eigenvalue weighted by molar-refractivity contribution is 6.30. The molecule has 0 unspecified atom stereocenters. The van der Waals surface area contributed by atoms with Crippen molar-refractivity contribution in [3.63, 3.8) is 0 Å². The fourth-order valence-electron chi connectivity index (χ4n) is 4.10. The minimum Gasteiger partial charge on any atom is -0.370 e. The molecule has 7 nitrogen and oxygen atoms in total. The summed E-state index contributed by atoms with van der Waals surface area (Å²) in [5.41, 5.74) is 2.91. The molecule has 0 bridgehead atoms. The number of ether oxygens (including phenoxy) is 1. The smallest absolute Gasteiger partial charge is 0.351 e. The molecular weight excluding hydrogens is 457 g/mol. The number of morpholine rings is 1. The molecule has 1 fully saturated rings. The van der Waals surface area contributed by atoms with Gasteiger partial charge in [0.1, 0.15) is 23.3 Å². The van der Waals surface area contributed by atoms with Gasteiger partial charge in [-0.25, -0.2) is 14.2 Å². The van der Waals surface area contributed by atoms with Crippen molar-refractivity contribution < 1.29 is 18.5 Å². The number of rotatable bonds is 3. The van der Waals surface area contributed by atoms with Crippen molar-refractivity contribution in [1.82, 2.24) is 9.97 Å². The summed E-state index contributed by atoms with van der Waals surface area (Å²) in [7, 11) is 0. The molecule has 34 heavy (non-hydrogen) atoms. The van der Waals surface area contributed by atoms with Crippen LogP contribution in [0.3, 0.4) is 0 Å². The van der Waals surface area contributed by atoms with E-state index in [1.54, 1.807) is 19.1 Å². The van der Waals surface area contributed by atoms with Gasteiger partial charge >= 0.3 is 11.7 Å². The summed E-state index contributed by atoms with van der Waals surface area (Å²) in [6.45, 7) is 9.00. The number of hydrogen-bond donors (Lipinski definition) is 0. The van der Waals surface area contributed by atoms with Gasteiger partial charge in [-0.05, 0) is 36.2 Å². The number of amidine groups is 1. The van der Waals surface area contributed by atoms with Crippen molar-refractivity contribution in [2.24, 2.45) is 4.99 Å². The van der Waals surface area contributed by atoms with E-state index in [0.29, 0.717) is 37.0 Å². The van der Waals surface area contributed by atoms with Crippen LogP contribution in [0.1, 0.15) is 34.6 Å². The van der Waals surface area contributed by atoms with Crippen LogP contribution in [0.2, 0.25) is 5.02 Å². The van der Waals surface area contributed by atoms with Gasteiger partial charge in [0.05, 0.1) is 19.0 Å². The van der Waals surface area contributed by atoms with Crippen LogP contribution in [0.25, 0.3) is 11.3 Å². The minimum absolute atomic E-state index is 0.173. The number of benzene rings is 1. The Balaban J connectivity index is 1.61. The topological polar surface area (TPSA) is 70.7 Å². The molecule has 2 aliphatic heterocycles. The van der Waals surface area contributed by atoms with Crippen LogP contribution in [0.15, 0.2) is 47.6 Å². The van der Waals surface area contributed by atoms with Crippen molar-refractivity contribution in [1.29, 1.82) is 0 Å². The second-order valence-corrected chi connectivity index (χ2v) is 8.71. The highest BCUT2D eigenvalue weighted by Crippen LogP contribution is 2.38. The molecule has 0 radical (unpaired) electrons. The van der Waals surface area contributed by atoms with E-state index in [0.717, 1.165) is 11.3 Å². The highest BCUT2D eigenvalue weighted by atomic mass is 35.5. The number of anilines is 1. The molecule has 0 saturated carbocycles. The van der Waals surface area contributed by atoms with Crippen LogP contribution >= 0.6 is 11.6 Å². The summed E-state index contributed by atoms with van der Waals surface area (Å²) >= 11 is 5.96. The van der Waals surface area contributed by atoms with E-state index in [1.807, 2.05) is 25.3 Å². The Labute approximate surface area is 201 Å². The van der Waals surface area contributed by atoms with Gasteiger partial charge in [-0.3, -0.25) is 4.98 Å². The van der Waals surface area contributed by atoms with Crippen LogP contribution in [0.5, 0.6) is 0 Å². The molecule has 3 aromatic rings. The van der Waals surface area contributed by atoms with Gasteiger partial charge in [-0.15, -0.1) is 0 Å². The third kappa shape index (κ3) is 3.99. The Morgan fingerprint density at radius 2 is 2.06 bits per heavy atom. The Morgan fingerprint density at radius 1 is 1.24 bits per heavy atom. The lowest BCUT2D eigenvalue weighted by Gasteiger charge is -2.34. The van der Waals surface area contributed by atoms with Crippen LogP contribution in [0.4, 0.5) is 15.9 Å². The van der Waals surface area contributed by atoms with Gasteiger partial charge in [0, 0.05) is 54.1 Å². The fourth-order valence-corrected chi connectivity index (χ4v) is 4.26. The Morgan fingerprint density at radius 3 is 2.79 bits per heavy atom. The second kappa shape index (κ2) is 8.70. The maximum absolute atomic E-state index is 15.0. The lowest BCUT2D eigenvalue weighted by Crippen LogP contribution is -2.39. The van der Waals surface area contributed by atoms with Crippen molar-refractivity contribution in [3.8, 4) is 11.3 Å². The number of nitrogens with zero attached hydrogens (tertiary/aromatic N) is 5. The molecule has 2 aliphatic rings. The molecule has 4 heterocycles. The predicted octanol–water partition coefficient (Wildman–Crippen LogP) is 4.74. The number of aliphatic imine (C=N–C) groups is 1. The number of aryl methyl sites for hydroxylation is 1. The highest BCUT2D eigenvalue weighted by Gasteiger charge is 2.36. The lowest BCUT2D eigenvalue weighted by molar-refractivity contribution is -0.293. The normalized spacial score (nSPS) is 18.1. The van der Waals surface area contributed by atoms with Gasteiger partial charge in [-0.1, -0.05) is 17.7 Å². The number of pyridine rings is 2. The Hall–Kier alpha value is -3.49. The summed E-state index contributed by atoms with van der Waals surface area (Å²) in [6.07, 6.45) is 1.62. The average molecular weight is 479 g/mol. The summed E-state index contributed by atoms with van der Waals surface area (Å²) in [5.74, 6) is 0.0669. The molecular formula is C25H22ClFN5O2+. The average Bonchev–Trinajstić information content (AvgIpc) is 2.82. The largest absolute Gasteiger partial charge is 0.370 e. The first kappa shape index (κ1) is 22.3. The molecule has 1 amide bonds. The first-order valence-electron chi connectivity index (χ1n) is 10.8. The van der Waals surface area contributed by atoms with Crippen molar-refractivity contribution in [2.45, 2.75) is 20.0 Å². The molecule has 0 spiro atoms. The molecule has 9 heteroatoms. The third-order valence-electron chi connectivity index (χ3n) is 6.00. The van der Waals surface area contributed by atoms with Crippen LogP contribution in [0, 0.1) is 12.7 Å². The van der Waals surface area contributed by atoms with Crippen molar-refractivity contribution in [2.75, 3.05) is 24.6 Å². The van der Waals surface area contributed by atoms with E-state index in [2.05, 4.69) is 21.6 Å². The zero-order valence-electron chi connectivity index (χ0n) is 18.8. The summed E-state index contributed by atoms with van der Waals surface area (Å²) < 4.78 is 22.1. The number of amides is 1. The maximum atomic E-state index is 15.0. The quantitative estimate of drug-likeness (QED) is 0.508. The van der Waals surface area contributed by atoms with Gasteiger partial charge in [0.2, 0.25) is 0 Å². The number of fused-ring (bicyclic) bond motifs is 1. The van der Waals surface area contributed by atoms with E-state index in [9.17, 15) is 9.18 Å². The molecule has 5 rings (SSSR count). The molecule has 2 aromatic heterocycles. The molecule has 1 atom stereocenters. The maximum Gasteiger partial charge on any atom is 0.351 e. The van der Waals surface area contributed by atoms with E-state index in [1.165, 1.54) is 16.7 Å². The third-order valence-corrected chi connectivity index (χ3v) is 6.23. The van der Waals surface area contributed by atoms with Crippen molar-refractivity contribution in [3.05, 3.63) is 70.3 Å². The van der Waals surface area contributed by atoms with Crippen LogP contribution < -0.4 is 4.90 Å². The fraction of sp³-hybridized carbons (Fsp3) is 0.240. The summed E-state index contributed by atoms with van der Waals surface area (Å²) in [6, 6.07) is 10.0. The number of carbonyl (C=O) groups is 1. The zero-order chi connectivity index (χ0) is 24.0. The van der Waals surface area contributed by atoms with Gasteiger partial charge in [-0.2, -0.15) is 4.58 Å². The molecule has 172 valence electrons. The number of aromatic nitrogens is 2. The lowest BCUT2D eigenvalue weighted by atomic mass is 10.0. The van der Waals surface area contributed by atoms with E-state index < -0.39 is 11.7 Å². The number of hydrogen-bond acceptors (Lipinski definition) is 6. The Kier molecular flexibility index (Phi) is 5.71. The van der Waals surface area contributed by atoms with E-state index in [-0.39, 0.29) is 27.9 Å². The number of halogens is 2. The predicted molar refractivity (Wildman–Crippen MR) is 129 cm³/mol. The molecule has 1 saturated heterocycles. The SMILES string of the molecule is C=[N+]1C(=O)c2c(cc(N3CCO[C@@H](c4ccc(C)nc4)C3)nc2-c2ccc(Cl)cc2F)N=C1C. The standard InChI is InChI=1S/C25H22ClFN5O2/c1-14-4-5-16(12-28-14)21-13-32(8-9-34-21)22-11-20-23(25(33)31(3)15(2)29-20)24(30-22)18-7-6-17(26)10-19(18)27/h4-7,10-12,21H,3,8-9,13H2,1-2H3/q+1/t21-/m1/s1. The Bertz CT molecular complexity index is 1360. The first-order chi connectivity index (χ1) is 16.3. The molecule has 0 aliphatic carbocycles. The van der Waals surface area contributed by atoms with E-state index in [4.69, 9.17) is 21.3 Å². The van der Waals surface area contributed by atoms with Gasteiger partial charge in [0.25, 0.3) is 0 Å². The van der Waals surface area contributed by atoms with E-state index >= 15 is 0 Å². The zero-order valence-corrected chi connectivity index (χ0v) is 19.5. The molecule has 1 aromatic carbocycles. The van der Waals surface area contributed by atoms with Crippen LogP contribution in [-0.2, 0) is 4.74 Å². The minimum atomic E-state index is -0.570. The van der Waals surface area contributed by atoms with Gasteiger partial charge < -0.3 is 9.64 Å². The summed E-state index contributed by atoms with van der Waals surface area (Å²) in [5, 5.41) is 0.257. The molecule has 0 N–H and O–H groups in total. The first-order valence-corrected chi connectivity index (χ1v) is 11.2. The second-order valence-electron chi connectivity index (χ2n) is 8.28. The van der Waals surface area contributed by atoms with Crippen molar-refractivity contribution >= 4 is 41.6 Å². The summed E-state index contributed by atoms with van der Waals surface area (Å²) in [4.78, 5) is 28.8. The van der Waals surface area contributed by atoms with Gasteiger partial charge in [0.15, 0.2) is 5.69 Å².